The predicted octanol–water partition coefficient (Wildman–Crippen LogP) is 5.01. The zero-order valence-electron chi connectivity index (χ0n) is 12.6. The highest BCUT2D eigenvalue weighted by molar-refractivity contribution is 6.31. The molecule has 8 heteroatoms. The number of aromatic nitrogens is 4. The van der Waals surface area contributed by atoms with Crippen molar-refractivity contribution in [2.24, 2.45) is 0 Å². The summed E-state index contributed by atoms with van der Waals surface area (Å²) in [5.41, 5.74) is 2.08. The maximum Gasteiger partial charge on any atom is 0.168 e. The second kappa shape index (κ2) is 6.31. The summed E-state index contributed by atoms with van der Waals surface area (Å²) >= 11 is 11.7. The molecule has 0 radical (unpaired) electrons. The Balaban J connectivity index is 1.76. The fourth-order valence-electron chi connectivity index (χ4n) is 2.43. The molecule has 0 aliphatic carbocycles. The molecular formula is C17H10Cl2FN5. The summed E-state index contributed by atoms with van der Waals surface area (Å²) in [6.45, 7) is 0. The van der Waals surface area contributed by atoms with E-state index in [0.717, 1.165) is 11.1 Å². The van der Waals surface area contributed by atoms with Crippen molar-refractivity contribution in [2.75, 3.05) is 5.32 Å². The van der Waals surface area contributed by atoms with Gasteiger partial charge >= 0.3 is 0 Å². The molecule has 0 atom stereocenters. The number of rotatable bonds is 3. The third kappa shape index (κ3) is 3.01. The monoisotopic (exact) mass is 373 g/mol. The summed E-state index contributed by atoms with van der Waals surface area (Å²) in [7, 11) is 0. The van der Waals surface area contributed by atoms with Crippen molar-refractivity contribution in [3.8, 4) is 5.69 Å². The van der Waals surface area contributed by atoms with Crippen molar-refractivity contribution in [3.63, 3.8) is 0 Å². The first kappa shape index (κ1) is 15.8. The van der Waals surface area contributed by atoms with Gasteiger partial charge in [-0.1, -0.05) is 23.2 Å². The number of benzene rings is 2. The first-order valence-electron chi connectivity index (χ1n) is 7.28. The Labute approximate surface area is 152 Å². The van der Waals surface area contributed by atoms with Gasteiger partial charge < -0.3 is 5.32 Å². The van der Waals surface area contributed by atoms with Gasteiger partial charge in [0.1, 0.15) is 18.0 Å². The third-order valence-electron chi connectivity index (χ3n) is 3.62. The molecule has 0 unspecified atom stereocenters. The number of hydrogen-bond donors (Lipinski definition) is 1. The summed E-state index contributed by atoms with van der Waals surface area (Å²) in [4.78, 5) is 8.55. The molecule has 124 valence electrons. The molecule has 2 aromatic carbocycles. The van der Waals surface area contributed by atoms with Crippen LogP contribution in [0.3, 0.4) is 0 Å². The molecule has 25 heavy (non-hydrogen) atoms. The van der Waals surface area contributed by atoms with Crippen LogP contribution >= 0.6 is 23.2 Å². The van der Waals surface area contributed by atoms with Gasteiger partial charge in [0, 0.05) is 10.7 Å². The molecule has 2 heterocycles. The largest absolute Gasteiger partial charge is 0.339 e. The topological polar surface area (TPSA) is 55.6 Å². The first-order valence-corrected chi connectivity index (χ1v) is 8.04. The smallest absolute Gasteiger partial charge is 0.168 e. The van der Waals surface area contributed by atoms with Crippen molar-refractivity contribution in [1.82, 2.24) is 19.7 Å². The van der Waals surface area contributed by atoms with Gasteiger partial charge in [-0.2, -0.15) is 5.10 Å². The summed E-state index contributed by atoms with van der Waals surface area (Å²) in [5.74, 6) is 0.0727. The van der Waals surface area contributed by atoms with Gasteiger partial charge in [-0.3, -0.25) is 0 Å². The van der Waals surface area contributed by atoms with E-state index in [4.69, 9.17) is 23.2 Å². The molecule has 2 aromatic heterocycles. The quantitative estimate of drug-likeness (QED) is 0.548. The molecule has 0 fully saturated rings. The molecule has 4 rings (SSSR count). The highest BCUT2D eigenvalue weighted by Crippen LogP contribution is 2.27. The number of anilines is 2. The predicted molar refractivity (Wildman–Crippen MR) is 96.4 cm³/mol. The Kier molecular flexibility index (Phi) is 3.99. The van der Waals surface area contributed by atoms with Gasteiger partial charge in [-0.05, 0) is 42.5 Å². The van der Waals surface area contributed by atoms with Gasteiger partial charge in [-0.15, -0.1) is 0 Å². The highest BCUT2D eigenvalue weighted by Gasteiger charge is 2.12. The fourth-order valence-corrected chi connectivity index (χ4v) is 2.73. The minimum atomic E-state index is -0.476. The van der Waals surface area contributed by atoms with Gasteiger partial charge in [0.2, 0.25) is 0 Å². The molecule has 0 spiro atoms. The van der Waals surface area contributed by atoms with E-state index in [2.05, 4.69) is 20.4 Å². The SMILES string of the molecule is Fc1ccc(Nc2ncnc3c2cnn3-c2ccc(Cl)cc2)cc1Cl. The summed E-state index contributed by atoms with van der Waals surface area (Å²) in [6, 6.07) is 11.6. The molecule has 4 aromatic rings. The zero-order chi connectivity index (χ0) is 17.4. The minimum absolute atomic E-state index is 0.0344. The fraction of sp³-hybridized carbons (Fsp3) is 0. The van der Waals surface area contributed by atoms with Crippen LogP contribution < -0.4 is 5.32 Å². The van der Waals surface area contributed by atoms with Crippen molar-refractivity contribution in [1.29, 1.82) is 0 Å². The molecular weight excluding hydrogens is 364 g/mol. The first-order chi connectivity index (χ1) is 12.1. The Morgan fingerprint density at radius 1 is 1.00 bits per heavy atom. The average molecular weight is 374 g/mol. The Morgan fingerprint density at radius 2 is 1.80 bits per heavy atom. The van der Waals surface area contributed by atoms with E-state index >= 15 is 0 Å². The number of hydrogen-bond acceptors (Lipinski definition) is 4. The number of nitrogens with one attached hydrogen (secondary N) is 1. The summed E-state index contributed by atoms with van der Waals surface area (Å²) in [6.07, 6.45) is 3.10. The van der Waals surface area contributed by atoms with Crippen LogP contribution in [0.4, 0.5) is 15.9 Å². The van der Waals surface area contributed by atoms with Crippen molar-refractivity contribution in [3.05, 3.63) is 70.9 Å². The van der Waals surface area contributed by atoms with E-state index in [-0.39, 0.29) is 5.02 Å². The molecule has 0 saturated carbocycles. The van der Waals surface area contributed by atoms with Crippen LogP contribution in [-0.2, 0) is 0 Å². The molecule has 0 aliphatic heterocycles. The lowest BCUT2D eigenvalue weighted by Crippen LogP contribution is -1.99. The lowest BCUT2D eigenvalue weighted by Gasteiger charge is -2.07. The normalized spacial score (nSPS) is 11.0. The van der Waals surface area contributed by atoms with E-state index in [9.17, 15) is 4.39 Å². The van der Waals surface area contributed by atoms with E-state index in [1.807, 2.05) is 12.1 Å². The molecule has 0 aliphatic rings. The lowest BCUT2D eigenvalue weighted by atomic mass is 10.3. The van der Waals surface area contributed by atoms with Crippen molar-refractivity contribution >= 4 is 45.7 Å². The van der Waals surface area contributed by atoms with Crippen LogP contribution in [0.25, 0.3) is 16.7 Å². The van der Waals surface area contributed by atoms with Crippen LogP contribution in [0.2, 0.25) is 10.0 Å². The standard InChI is InChI=1S/C17H10Cl2FN5/c18-10-1-4-12(5-2-10)25-17-13(8-23-25)16(21-9-22-17)24-11-3-6-15(20)14(19)7-11/h1-9H,(H,21,22,24). The lowest BCUT2D eigenvalue weighted by molar-refractivity contribution is 0.628. The number of halogens is 3. The Hall–Kier alpha value is -2.70. The van der Waals surface area contributed by atoms with Gasteiger partial charge in [0.15, 0.2) is 5.65 Å². The van der Waals surface area contributed by atoms with Crippen LogP contribution in [-0.4, -0.2) is 19.7 Å². The number of fused-ring (bicyclic) bond motifs is 1. The Morgan fingerprint density at radius 3 is 2.56 bits per heavy atom. The third-order valence-corrected chi connectivity index (χ3v) is 4.16. The van der Waals surface area contributed by atoms with Crippen LogP contribution in [0.1, 0.15) is 0 Å². The van der Waals surface area contributed by atoms with Crippen LogP contribution in [0.5, 0.6) is 0 Å². The maximum absolute atomic E-state index is 13.3. The molecule has 0 saturated heterocycles. The van der Waals surface area contributed by atoms with E-state index in [1.165, 1.54) is 18.5 Å². The highest BCUT2D eigenvalue weighted by atomic mass is 35.5. The van der Waals surface area contributed by atoms with Gasteiger partial charge in [0.25, 0.3) is 0 Å². The van der Waals surface area contributed by atoms with Gasteiger partial charge in [-0.25, -0.2) is 19.0 Å². The van der Waals surface area contributed by atoms with E-state index in [1.54, 1.807) is 29.1 Å². The molecule has 0 amide bonds. The van der Waals surface area contributed by atoms with Crippen molar-refractivity contribution < 1.29 is 4.39 Å². The maximum atomic E-state index is 13.3. The zero-order valence-corrected chi connectivity index (χ0v) is 14.1. The second-order valence-electron chi connectivity index (χ2n) is 5.25. The Bertz CT molecular complexity index is 1060. The van der Waals surface area contributed by atoms with E-state index in [0.29, 0.717) is 22.2 Å². The minimum Gasteiger partial charge on any atom is -0.339 e. The second-order valence-corrected chi connectivity index (χ2v) is 6.09. The van der Waals surface area contributed by atoms with Crippen molar-refractivity contribution in [2.45, 2.75) is 0 Å². The summed E-state index contributed by atoms with van der Waals surface area (Å²) < 4.78 is 15.0. The summed E-state index contributed by atoms with van der Waals surface area (Å²) in [5, 5.41) is 8.88. The van der Waals surface area contributed by atoms with Crippen LogP contribution in [0.15, 0.2) is 55.0 Å². The average Bonchev–Trinajstić information content (AvgIpc) is 3.04. The molecule has 5 nitrogen and oxygen atoms in total. The van der Waals surface area contributed by atoms with Gasteiger partial charge in [0.05, 0.1) is 22.3 Å². The molecule has 0 bridgehead atoms. The molecule has 1 N–H and O–H groups in total. The van der Waals surface area contributed by atoms with E-state index < -0.39 is 5.82 Å². The van der Waals surface area contributed by atoms with Crippen LogP contribution in [0, 0.1) is 5.82 Å². The number of nitrogens with zero attached hydrogens (tertiary/aromatic N) is 4.